The molecule has 2 rings (SSSR count). The minimum Gasteiger partial charge on any atom is -0.383 e. The van der Waals surface area contributed by atoms with Crippen molar-refractivity contribution in [3.05, 3.63) is 6.07 Å². The van der Waals surface area contributed by atoms with Gasteiger partial charge in [0.2, 0.25) is 0 Å². The molecule has 1 fully saturated rings. The number of thioether (sulfide) groups is 1. The lowest BCUT2D eigenvalue weighted by molar-refractivity contribution is 0.320. The summed E-state index contributed by atoms with van der Waals surface area (Å²) in [5, 5.41) is 0.750. The molecule has 1 aromatic rings. The van der Waals surface area contributed by atoms with E-state index in [0.29, 0.717) is 11.9 Å². The molecule has 2 N–H and O–H groups in total. The van der Waals surface area contributed by atoms with Gasteiger partial charge >= 0.3 is 0 Å². The van der Waals surface area contributed by atoms with Gasteiger partial charge in [0.05, 0.1) is 0 Å². The zero-order valence-corrected chi connectivity index (χ0v) is 12.2. The van der Waals surface area contributed by atoms with Gasteiger partial charge < -0.3 is 10.6 Å². The predicted molar refractivity (Wildman–Crippen MR) is 78.0 cm³/mol. The van der Waals surface area contributed by atoms with Gasteiger partial charge in [-0.1, -0.05) is 31.5 Å². The van der Waals surface area contributed by atoms with Crippen LogP contribution in [0.2, 0.25) is 0 Å². The summed E-state index contributed by atoms with van der Waals surface area (Å²) in [7, 11) is 2.12. The zero-order valence-electron chi connectivity index (χ0n) is 11.4. The summed E-state index contributed by atoms with van der Waals surface area (Å²) in [6.07, 6.45) is 7.20. The molecule has 4 nitrogen and oxygen atoms in total. The molecule has 0 amide bonds. The second-order valence-corrected chi connectivity index (χ2v) is 5.85. The van der Waals surface area contributed by atoms with Crippen LogP contribution in [0.1, 0.15) is 32.6 Å². The van der Waals surface area contributed by atoms with Crippen LogP contribution in [0.25, 0.3) is 0 Å². The Morgan fingerprint density at radius 3 is 2.72 bits per heavy atom. The van der Waals surface area contributed by atoms with Crippen LogP contribution in [0.5, 0.6) is 0 Å². The second kappa shape index (κ2) is 5.78. The third-order valence-corrected chi connectivity index (χ3v) is 4.37. The molecule has 0 aliphatic heterocycles. The van der Waals surface area contributed by atoms with Gasteiger partial charge in [-0.05, 0) is 25.0 Å². The fourth-order valence-electron chi connectivity index (χ4n) is 2.74. The van der Waals surface area contributed by atoms with Crippen LogP contribution in [0.15, 0.2) is 11.2 Å². The molecule has 100 valence electrons. The largest absolute Gasteiger partial charge is 0.383 e. The molecule has 0 spiro atoms. The highest BCUT2D eigenvalue weighted by atomic mass is 32.2. The van der Waals surface area contributed by atoms with Crippen LogP contribution in [0.4, 0.5) is 11.6 Å². The molecule has 0 radical (unpaired) electrons. The van der Waals surface area contributed by atoms with Gasteiger partial charge in [-0.15, -0.1) is 0 Å². The molecular weight excluding hydrogens is 244 g/mol. The zero-order chi connectivity index (χ0) is 13.1. The molecule has 0 saturated heterocycles. The predicted octanol–water partition coefficient (Wildman–Crippen LogP) is 2.80. The Bertz CT molecular complexity index is 410. The van der Waals surface area contributed by atoms with E-state index in [1.165, 1.54) is 37.4 Å². The summed E-state index contributed by atoms with van der Waals surface area (Å²) in [6, 6.07) is 2.45. The van der Waals surface area contributed by atoms with E-state index in [-0.39, 0.29) is 0 Å². The number of anilines is 2. The van der Waals surface area contributed by atoms with Gasteiger partial charge in [-0.3, -0.25) is 0 Å². The normalized spacial score (nSPS) is 23.9. The maximum Gasteiger partial charge on any atom is 0.191 e. The van der Waals surface area contributed by atoms with Crippen molar-refractivity contribution in [2.24, 2.45) is 5.92 Å². The van der Waals surface area contributed by atoms with Gasteiger partial charge in [0.15, 0.2) is 5.16 Å². The van der Waals surface area contributed by atoms with E-state index in [2.05, 4.69) is 28.8 Å². The fraction of sp³-hybridized carbons (Fsp3) is 0.692. The summed E-state index contributed by atoms with van der Waals surface area (Å²) in [4.78, 5) is 11.0. The molecule has 0 aromatic carbocycles. The number of rotatable bonds is 3. The van der Waals surface area contributed by atoms with Crippen LogP contribution < -0.4 is 10.6 Å². The maximum absolute atomic E-state index is 5.85. The highest BCUT2D eigenvalue weighted by Crippen LogP contribution is 2.30. The molecule has 2 atom stereocenters. The van der Waals surface area contributed by atoms with E-state index in [1.54, 1.807) is 0 Å². The van der Waals surface area contributed by atoms with Crippen LogP contribution >= 0.6 is 11.8 Å². The minimum atomic E-state index is 0.555. The highest BCUT2D eigenvalue weighted by molar-refractivity contribution is 7.98. The molecule has 0 bridgehead atoms. The summed E-state index contributed by atoms with van der Waals surface area (Å²) in [5.41, 5.74) is 5.85. The Morgan fingerprint density at radius 2 is 2.06 bits per heavy atom. The number of nitrogens with zero attached hydrogens (tertiary/aromatic N) is 3. The van der Waals surface area contributed by atoms with Crippen LogP contribution in [0.3, 0.4) is 0 Å². The molecule has 1 aliphatic carbocycles. The van der Waals surface area contributed by atoms with Crippen LogP contribution in [-0.2, 0) is 0 Å². The molecule has 1 aliphatic rings. The van der Waals surface area contributed by atoms with Gasteiger partial charge in [-0.2, -0.15) is 0 Å². The molecule has 1 saturated carbocycles. The van der Waals surface area contributed by atoms with E-state index in [4.69, 9.17) is 5.73 Å². The first kappa shape index (κ1) is 13.5. The Hall–Kier alpha value is -0.970. The number of hydrogen-bond acceptors (Lipinski definition) is 5. The van der Waals surface area contributed by atoms with E-state index < -0.39 is 0 Å². The van der Waals surface area contributed by atoms with Crippen LogP contribution in [0, 0.1) is 5.92 Å². The van der Waals surface area contributed by atoms with Crippen molar-refractivity contribution < 1.29 is 0 Å². The summed E-state index contributed by atoms with van der Waals surface area (Å²) in [6.45, 7) is 2.33. The molecular formula is C13H22N4S. The molecule has 18 heavy (non-hydrogen) atoms. The van der Waals surface area contributed by atoms with Crippen molar-refractivity contribution in [2.45, 2.75) is 43.8 Å². The Morgan fingerprint density at radius 1 is 1.33 bits per heavy atom. The standard InChI is InChI=1S/C13H22N4S/c1-9-6-4-5-7-10(9)17(2)12-8-11(14)15-13(16-12)18-3/h8-10H,4-7H2,1-3H3,(H2,14,15,16). The third-order valence-electron chi connectivity index (χ3n) is 3.82. The van der Waals surface area contributed by atoms with Gasteiger partial charge in [0.25, 0.3) is 0 Å². The van der Waals surface area contributed by atoms with E-state index >= 15 is 0 Å². The van der Waals surface area contributed by atoms with Crippen molar-refractivity contribution in [1.82, 2.24) is 9.97 Å². The second-order valence-electron chi connectivity index (χ2n) is 5.08. The van der Waals surface area contributed by atoms with Crippen molar-refractivity contribution >= 4 is 23.4 Å². The summed E-state index contributed by atoms with van der Waals surface area (Å²) >= 11 is 1.53. The number of nitrogens with two attached hydrogens (primary N) is 1. The smallest absolute Gasteiger partial charge is 0.191 e. The van der Waals surface area contributed by atoms with Gasteiger partial charge in [0.1, 0.15) is 11.6 Å². The van der Waals surface area contributed by atoms with Gasteiger partial charge in [-0.25, -0.2) is 9.97 Å². The SMILES string of the molecule is CSc1nc(N)cc(N(C)C2CCCCC2C)n1. The first-order valence-electron chi connectivity index (χ1n) is 6.53. The Balaban J connectivity index is 2.21. The summed E-state index contributed by atoms with van der Waals surface area (Å²) < 4.78 is 0. The lowest BCUT2D eigenvalue weighted by Crippen LogP contribution is -2.39. The lowest BCUT2D eigenvalue weighted by atomic mass is 9.85. The number of nitrogen functional groups attached to an aromatic ring is 1. The van der Waals surface area contributed by atoms with Crippen molar-refractivity contribution in [2.75, 3.05) is 23.9 Å². The molecule has 2 unspecified atom stereocenters. The molecule has 1 aromatic heterocycles. The molecule has 5 heteroatoms. The average molecular weight is 266 g/mol. The third kappa shape index (κ3) is 2.88. The number of aromatic nitrogens is 2. The van der Waals surface area contributed by atoms with Crippen LogP contribution in [-0.4, -0.2) is 29.3 Å². The maximum atomic E-state index is 5.85. The average Bonchev–Trinajstić information content (AvgIpc) is 2.37. The lowest BCUT2D eigenvalue weighted by Gasteiger charge is -2.37. The number of hydrogen-bond donors (Lipinski definition) is 1. The van der Waals surface area contributed by atoms with E-state index in [0.717, 1.165) is 16.9 Å². The van der Waals surface area contributed by atoms with Crippen molar-refractivity contribution in [3.63, 3.8) is 0 Å². The summed E-state index contributed by atoms with van der Waals surface area (Å²) in [5.74, 6) is 2.22. The minimum absolute atomic E-state index is 0.555. The van der Waals surface area contributed by atoms with E-state index in [1.807, 2.05) is 12.3 Å². The molecule has 1 heterocycles. The Kier molecular flexibility index (Phi) is 4.32. The monoisotopic (exact) mass is 266 g/mol. The van der Waals surface area contributed by atoms with Crippen molar-refractivity contribution in [1.29, 1.82) is 0 Å². The topological polar surface area (TPSA) is 55.0 Å². The first-order valence-corrected chi connectivity index (χ1v) is 7.75. The first-order chi connectivity index (χ1) is 8.61. The fourth-order valence-corrected chi connectivity index (χ4v) is 3.13. The van der Waals surface area contributed by atoms with Crippen molar-refractivity contribution in [3.8, 4) is 0 Å². The van der Waals surface area contributed by atoms with E-state index in [9.17, 15) is 0 Å². The van der Waals surface area contributed by atoms with Gasteiger partial charge in [0, 0.05) is 19.2 Å². The quantitative estimate of drug-likeness (QED) is 0.673. The highest BCUT2D eigenvalue weighted by Gasteiger charge is 2.26. The Labute approximate surface area is 113 Å².